The first-order chi connectivity index (χ1) is 11.9. The van der Waals surface area contributed by atoms with Gasteiger partial charge in [-0.15, -0.1) is 0 Å². The number of nitrogens with one attached hydrogen (secondary N) is 1. The Labute approximate surface area is 145 Å². The zero-order valence-corrected chi connectivity index (χ0v) is 14.6. The van der Waals surface area contributed by atoms with Gasteiger partial charge in [0, 0.05) is 32.4 Å². The van der Waals surface area contributed by atoms with Crippen LogP contribution < -0.4 is 10.2 Å². The summed E-state index contributed by atoms with van der Waals surface area (Å²) in [6, 6.07) is 5.78. The fraction of sp³-hybridized carbons (Fsp3) is 0.438. The molecule has 1 fully saturated rings. The Hall–Kier alpha value is -2.16. The number of anilines is 2. The van der Waals surface area contributed by atoms with Crippen LogP contribution in [-0.4, -0.2) is 43.1 Å². The van der Waals surface area contributed by atoms with Crippen molar-refractivity contribution in [2.45, 2.75) is 29.5 Å². The molecule has 0 spiro atoms. The Morgan fingerprint density at radius 1 is 1.32 bits per heavy atom. The van der Waals surface area contributed by atoms with E-state index in [1.165, 1.54) is 18.2 Å². The van der Waals surface area contributed by atoms with Crippen LogP contribution in [0.5, 0.6) is 0 Å². The van der Waals surface area contributed by atoms with E-state index < -0.39 is 15.6 Å². The highest BCUT2D eigenvalue weighted by molar-refractivity contribution is 7.91. The third-order valence-electron chi connectivity index (χ3n) is 4.27. The van der Waals surface area contributed by atoms with Crippen LogP contribution in [0, 0.1) is 0 Å². The normalized spacial score (nSPS) is 18.6. The summed E-state index contributed by atoms with van der Waals surface area (Å²) in [7, 11) is -2.80. The van der Waals surface area contributed by atoms with E-state index in [0.717, 1.165) is 25.1 Å². The standard InChI is InChI=1S/C16H20F2N4O2S/c1-21-11-13(9-19-21)22-8-4-5-12(10-22)20-14-6-2-3-7-15(14)25(23,24)16(17)18/h2-3,6-7,9,11-12,16,20H,4-5,8,10H2,1H3. The predicted octanol–water partition coefficient (Wildman–Crippen LogP) is 2.50. The molecule has 1 saturated heterocycles. The third kappa shape index (κ3) is 3.76. The van der Waals surface area contributed by atoms with Crippen LogP contribution in [0.2, 0.25) is 0 Å². The quantitative estimate of drug-likeness (QED) is 0.876. The molecule has 0 amide bonds. The zero-order chi connectivity index (χ0) is 18.0. The summed E-state index contributed by atoms with van der Waals surface area (Å²) in [5.41, 5.74) is 1.21. The number of hydrogen-bond acceptors (Lipinski definition) is 5. The molecule has 6 nitrogen and oxygen atoms in total. The monoisotopic (exact) mass is 370 g/mol. The maximum Gasteiger partial charge on any atom is 0.341 e. The molecule has 1 unspecified atom stereocenters. The van der Waals surface area contributed by atoms with Crippen LogP contribution in [-0.2, 0) is 16.9 Å². The first kappa shape index (κ1) is 17.7. The first-order valence-electron chi connectivity index (χ1n) is 7.99. The van der Waals surface area contributed by atoms with E-state index in [4.69, 9.17) is 0 Å². The van der Waals surface area contributed by atoms with Gasteiger partial charge in [-0.25, -0.2) is 8.42 Å². The Balaban J connectivity index is 1.79. The number of sulfone groups is 1. The Morgan fingerprint density at radius 2 is 2.08 bits per heavy atom. The lowest BCUT2D eigenvalue weighted by Crippen LogP contribution is -2.42. The van der Waals surface area contributed by atoms with Crippen LogP contribution in [0.3, 0.4) is 0 Å². The molecule has 1 aliphatic rings. The van der Waals surface area contributed by atoms with Gasteiger partial charge in [-0.2, -0.15) is 13.9 Å². The molecule has 2 aromatic rings. The summed E-state index contributed by atoms with van der Waals surface area (Å²) < 4.78 is 51.3. The number of aryl methyl sites for hydroxylation is 1. The van der Waals surface area contributed by atoms with Crippen molar-refractivity contribution < 1.29 is 17.2 Å². The van der Waals surface area contributed by atoms with Crippen molar-refractivity contribution in [2.24, 2.45) is 7.05 Å². The van der Waals surface area contributed by atoms with E-state index in [-0.39, 0.29) is 16.6 Å². The molecule has 0 aliphatic carbocycles. The largest absolute Gasteiger partial charge is 0.379 e. The number of benzene rings is 1. The minimum absolute atomic E-state index is 0.0389. The topological polar surface area (TPSA) is 67.2 Å². The van der Waals surface area contributed by atoms with Gasteiger partial charge in [0.15, 0.2) is 0 Å². The molecule has 136 valence electrons. The molecule has 25 heavy (non-hydrogen) atoms. The zero-order valence-electron chi connectivity index (χ0n) is 13.8. The van der Waals surface area contributed by atoms with Gasteiger partial charge in [-0.1, -0.05) is 12.1 Å². The van der Waals surface area contributed by atoms with Crippen LogP contribution in [0.15, 0.2) is 41.6 Å². The van der Waals surface area contributed by atoms with E-state index in [2.05, 4.69) is 15.3 Å². The van der Waals surface area contributed by atoms with Gasteiger partial charge >= 0.3 is 5.76 Å². The fourth-order valence-corrected chi connectivity index (χ4v) is 3.94. The molecule has 0 bridgehead atoms. The molecule has 1 N–H and O–H groups in total. The van der Waals surface area contributed by atoms with Crippen molar-refractivity contribution in [1.82, 2.24) is 9.78 Å². The van der Waals surface area contributed by atoms with Crippen molar-refractivity contribution in [1.29, 1.82) is 0 Å². The van der Waals surface area contributed by atoms with E-state index in [1.807, 2.05) is 13.2 Å². The van der Waals surface area contributed by atoms with Crippen molar-refractivity contribution in [3.05, 3.63) is 36.7 Å². The highest BCUT2D eigenvalue weighted by Crippen LogP contribution is 2.28. The average Bonchev–Trinajstić information content (AvgIpc) is 3.02. The summed E-state index contributed by atoms with van der Waals surface area (Å²) in [6.45, 7) is 1.52. The van der Waals surface area contributed by atoms with Gasteiger partial charge in [-0.3, -0.25) is 4.68 Å². The molecule has 1 aromatic heterocycles. The average molecular weight is 370 g/mol. The predicted molar refractivity (Wildman–Crippen MR) is 91.7 cm³/mol. The smallest absolute Gasteiger partial charge is 0.341 e. The number of rotatable bonds is 5. The highest BCUT2D eigenvalue weighted by Gasteiger charge is 2.30. The summed E-state index contributed by atoms with van der Waals surface area (Å²) >= 11 is 0. The number of piperidine rings is 1. The summed E-state index contributed by atoms with van der Waals surface area (Å²) in [4.78, 5) is 1.79. The summed E-state index contributed by atoms with van der Waals surface area (Å²) in [5.74, 6) is -3.44. The molecule has 1 aromatic carbocycles. The van der Waals surface area contributed by atoms with Crippen molar-refractivity contribution in [3.8, 4) is 0 Å². The van der Waals surface area contributed by atoms with Crippen molar-refractivity contribution in [2.75, 3.05) is 23.3 Å². The number of nitrogens with zero attached hydrogens (tertiary/aromatic N) is 3. The number of alkyl halides is 2. The number of aromatic nitrogens is 2. The van der Waals surface area contributed by atoms with Crippen LogP contribution >= 0.6 is 0 Å². The van der Waals surface area contributed by atoms with Gasteiger partial charge < -0.3 is 10.2 Å². The van der Waals surface area contributed by atoms with Gasteiger partial charge in [0.05, 0.1) is 22.5 Å². The second-order valence-electron chi connectivity index (χ2n) is 6.10. The number of halogens is 2. The molecule has 1 atom stereocenters. The highest BCUT2D eigenvalue weighted by atomic mass is 32.2. The molecule has 0 saturated carbocycles. The molecule has 9 heteroatoms. The summed E-state index contributed by atoms with van der Waals surface area (Å²) in [5, 5.41) is 7.29. The molecular formula is C16H20F2N4O2S. The maximum absolute atomic E-state index is 12.9. The SMILES string of the molecule is Cn1cc(N2CCCC(Nc3ccccc3S(=O)(=O)C(F)F)C2)cn1. The maximum atomic E-state index is 12.9. The van der Waals surface area contributed by atoms with Crippen molar-refractivity contribution >= 4 is 21.2 Å². The van der Waals surface area contributed by atoms with Gasteiger partial charge in [0.1, 0.15) is 0 Å². The Kier molecular flexibility index (Phi) is 4.94. The van der Waals surface area contributed by atoms with Crippen LogP contribution in [0.4, 0.5) is 20.2 Å². The van der Waals surface area contributed by atoms with E-state index in [1.54, 1.807) is 16.9 Å². The minimum Gasteiger partial charge on any atom is -0.379 e. The molecule has 3 rings (SSSR count). The van der Waals surface area contributed by atoms with E-state index >= 15 is 0 Å². The lowest BCUT2D eigenvalue weighted by atomic mass is 10.0. The Morgan fingerprint density at radius 3 is 2.76 bits per heavy atom. The molecular weight excluding hydrogens is 350 g/mol. The Bertz CT molecular complexity index is 838. The molecule has 1 aliphatic heterocycles. The lowest BCUT2D eigenvalue weighted by Gasteiger charge is -2.34. The van der Waals surface area contributed by atoms with E-state index in [9.17, 15) is 17.2 Å². The van der Waals surface area contributed by atoms with E-state index in [0.29, 0.717) is 6.54 Å². The summed E-state index contributed by atoms with van der Waals surface area (Å²) in [6.07, 6.45) is 5.44. The van der Waals surface area contributed by atoms with Gasteiger partial charge in [0.25, 0.3) is 0 Å². The molecule has 2 heterocycles. The fourth-order valence-electron chi connectivity index (χ4n) is 3.05. The third-order valence-corrected chi connectivity index (χ3v) is 5.70. The number of para-hydroxylation sites is 1. The second-order valence-corrected chi connectivity index (χ2v) is 7.99. The number of hydrogen-bond donors (Lipinski definition) is 1. The van der Waals surface area contributed by atoms with Gasteiger partial charge in [0.2, 0.25) is 9.84 Å². The minimum atomic E-state index is -4.64. The molecule has 0 radical (unpaired) electrons. The second kappa shape index (κ2) is 6.99. The first-order valence-corrected chi connectivity index (χ1v) is 9.54. The van der Waals surface area contributed by atoms with Crippen LogP contribution in [0.25, 0.3) is 0 Å². The lowest BCUT2D eigenvalue weighted by molar-refractivity contribution is 0.235. The van der Waals surface area contributed by atoms with Crippen molar-refractivity contribution in [3.63, 3.8) is 0 Å². The van der Waals surface area contributed by atoms with Crippen LogP contribution in [0.1, 0.15) is 12.8 Å². The van der Waals surface area contributed by atoms with Gasteiger partial charge in [-0.05, 0) is 25.0 Å².